The third-order valence-corrected chi connectivity index (χ3v) is 5.31. The Labute approximate surface area is 187 Å². The lowest BCUT2D eigenvalue weighted by Gasteiger charge is -2.22. The van der Waals surface area contributed by atoms with Gasteiger partial charge in [-0.25, -0.2) is 0 Å². The topological polar surface area (TPSA) is 58.3 Å². The predicted molar refractivity (Wildman–Crippen MR) is 121 cm³/mol. The number of rotatable bonds is 4. The van der Waals surface area contributed by atoms with Gasteiger partial charge in [0.1, 0.15) is 5.82 Å². The Hall–Kier alpha value is -1.06. The molecule has 6 nitrogen and oxygen atoms in total. The average molecular weight is 523 g/mol. The lowest BCUT2D eigenvalue weighted by Crippen LogP contribution is -2.38. The van der Waals surface area contributed by atoms with Crippen LogP contribution in [-0.2, 0) is 26.1 Å². The number of aromatic nitrogens is 3. The number of nitrogens with zero attached hydrogens (tertiary/aromatic N) is 5. The van der Waals surface area contributed by atoms with Crippen molar-refractivity contribution in [3.63, 3.8) is 0 Å². The molecule has 1 aliphatic rings. The van der Waals surface area contributed by atoms with E-state index in [4.69, 9.17) is 23.2 Å². The standard InChI is InChI=1S/C18H24Cl2N6.HI/c1-21-18(25(2)12-13-7-8-14(19)15(20)10-13)22-11-17-24-23-16-6-4-3-5-9-26(16)17;/h7-8,10H,3-6,9,11-12H2,1-2H3,(H,21,22);1H. The summed E-state index contributed by atoms with van der Waals surface area (Å²) in [7, 11) is 3.76. The minimum absolute atomic E-state index is 0. The molecule has 0 unspecified atom stereocenters. The van der Waals surface area contributed by atoms with Gasteiger partial charge in [0.25, 0.3) is 0 Å². The third kappa shape index (κ3) is 5.71. The molecule has 0 aliphatic carbocycles. The number of halogens is 3. The van der Waals surface area contributed by atoms with Crippen LogP contribution < -0.4 is 5.32 Å². The summed E-state index contributed by atoms with van der Waals surface area (Å²) in [5.74, 6) is 2.85. The smallest absolute Gasteiger partial charge is 0.194 e. The number of nitrogens with one attached hydrogen (secondary N) is 1. The maximum atomic E-state index is 6.11. The molecule has 9 heteroatoms. The highest BCUT2D eigenvalue weighted by molar-refractivity contribution is 14.0. The molecule has 1 aromatic carbocycles. The minimum atomic E-state index is 0. The Kier molecular flexibility index (Phi) is 8.62. The quantitative estimate of drug-likeness (QED) is 0.372. The number of fused-ring (bicyclic) bond motifs is 1. The largest absolute Gasteiger partial charge is 0.349 e. The molecule has 0 amide bonds. The molecule has 0 saturated heterocycles. The van der Waals surface area contributed by atoms with E-state index in [9.17, 15) is 0 Å². The lowest BCUT2D eigenvalue weighted by atomic mass is 10.2. The molecule has 0 atom stereocenters. The van der Waals surface area contributed by atoms with Crippen LogP contribution in [0.3, 0.4) is 0 Å². The van der Waals surface area contributed by atoms with E-state index in [0.717, 1.165) is 36.1 Å². The van der Waals surface area contributed by atoms with Gasteiger partial charge < -0.3 is 14.8 Å². The molecule has 3 rings (SSSR count). The van der Waals surface area contributed by atoms with Gasteiger partial charge in [-0.2, -0.15) is 0 Å². The summed E-state index contributed by atoms with van der Waals surface area (Å²) in [6.07, 6.45) is 4.65. The zero-order valence-electron chi connectivity index (χ0n) is 15.6. The highest BCUT2D eigenvalue weighted by Gasteiger charge is 2.15. The minimum Gasteiger partial charge on any atom is -0.349 e. The predicted octanol–water partition coefficient (Wildman–Crippen LogP) is 4.14. The number of hydrogen-bond acceptors (Lipinski definition) is 3. The van der Waals surface area contributed by atoms with Crippen molar-refractivity contribution in [3.05, 3.63) is 45.5 Å². The number of aliphatic imine (C=N–C) groups is 1. The van der Waals surface area contributed by atoms with Crippen molar-refractivity contribution in [1.82, 2.24) is 25.0 Å². The van der Waals surface area contributed by atoms with Gasteiger partial charge in [-0.15, -0.1) is 34.2 Å². The van der Waals surface area contributed by atoms with Crippen LogP contribution in [0.1, 0.15) is 36.5 Å². The molecule has 148 valence electrons. The van der Waals surface area contributed by atoms with Crippen molar-refractivity contribution in [1.29, 1.82) is 0 Å². The summed E-state index contributed by atoms with van der Waals surface area (Å²) in [5, 5.41) is 13.2. The van der Waals surface area contributed by atoms with E-state index in [1.54, 1.807) is 7.05 Å². The molecule has 0 radical (unpaired) electrons. The summed E-state index contributed by atoms with van der Waals surface area (Å²) in [4.78, 5) is 6.41. The first-order chi connectivity index (χ1) is 12.6. The fourth-order valence-electron chi connectivity index (χ4n) is 3.21. The number of benzene rings is 1. The maximum absolute atomic E-state index is 6.11. The van der Waals surface area contributed by atoms with Gasteiger partial charge in [0.05, 0.1) is 16.6 Å². The van der Waals surface area contributed by atoms with E-state index < -0.39 is 0 Å². The monoisotopic (exact) mass is 522 g/mol. The second kappa shape index (κ2) is 10.5. The van der Waals surface area contributed by atoms with E-state index in [0.29, 0.717) is 23.1 Å². The van der Waals surface area contributed by atoms with Crippen LogP contribution in [0, 0.1) is 0 Å². The van der Waals surface area contributed by atoms with Crippen LogP contribution in [0.4, 0.5) is 0 Å². The summed E-state index contributed by atoms with van der Waals surface area (Å²) in [6, 6.07) is 5.66. The van der Waals surface area contributed by atoms with Crippen LogP contribution in [0.5, 0.6) is 0 Å². The van der Waals surface area contributed by atoms with E-state index >= 15 is 0 Å². The fraction of sp³-hybridized carbons (Fsp3) is 0.500. The van der Waals surface area contributed by atoms with Gasteiger partial charge in [0.2, 0.25) is 0 Å². The van der Waals surface area contributed by atoms with Gasteiger partial charge in [-0.3, -0.25) is 4.99 Å². The first-order valence-corrected chi connectivity index (χ1v) is 9.60. The van der Waals surface area contributed by atoms with Gasteiger partial charge in [0, 0.05) is 33.6 Å². The molecular weight excluding hydrogens is 498 g/mol. The van der Waals surface area contributed by atoms with Crippen LogP contribution in [-0.4, -0.2) is 39.7 Å². The molecule has 0 bridgehead atoms. The highest BCUT2D eigenvalue weighted by atomic mass is 127. The van der Waals surface area contributed by atoms with Crippen molar-refractivity contribution in [2.24, 2.45) is 4.99 Å². The van der Waals surface area contributed by atoms with Gasteiger partial charge in [-0.05, 0) is 30.5 Å². The number of guanidine groups is 1. The number of aryl methyl sites for hydroxylation is 1. The Morgan fingerprint density at radius 3 is 2.78 bits per heavy atom. The molecule has 0 fully saturated rings. The molecule has 27 heavy (non-hydrogen) atoms. The Morgan fingerprint density at radius 2 is 2.04 bits per heavy atom. The molecule has 0 spiro atoms. The Bertz CT molecular complexity index is 792. The van der Waals surface area contributed by atoms with Crippen LogP contribution in [0.25, 0.3) is 0 Å². The Balaban J connectivity index is 0.00000261. The fourth-order valence-corrected chi connectivity index (χ4v) is 3.53. The maximum Gasteiger partial charge on any atom is 0.194 e. The molecule has 2 aromatic rings. The van der Waals surface area contributed by atoms with Crippen molar-refractivity contribution in [3.8, 4) is 0 Å². The van der Waals surface area contributed by atoms with Crippen molar-refractivity contribution < 1.29 is 0 Å². The van der Waals surface area contributed by atoms with E-state index in [1.165, 1.54) is 19.3 Å². The molecule has 1 aromatic heterocycles. The molecule has 1 N–H and O–H groups in total. The van der Waals surface area contributed by atoms with E-state index in [2.05, 4.69) is 25.1 Å². The average Bonchev–Trinajstić information content (AvgIpc) is 2.85. The normalized spacial score (nSPS) is 14.1. The van der Waals surface area contributed by atoms with Crippen LogP contribution in [0.2, 0.25) is 10.0 Å². The van der Waals surface area contributed by atoms with Gasteiger partial charge >= 0.3 is 0 Å². The van der Waals surface area contributed by atoms with Crippen molar-refractivity contribution in [2.45, 2.75) is 45.3 Å². The summed E-state index contributed by atoms with van der Waals surface area (Å²) in [5.41, 5.74) is 1.07. The zero-order valence-corrected chi connectivity index (χ0v) is 19.4. The second-order valence-electron chi connectivity index (χ2n) is 6.50. The third-order valence-electron chi connectivity index (χ3n) is 4.57. The van der Waals surface area contributed by atoms with Gasteiger partial charge in [-0.1, -0.05) is 35.7 Å². The molecule has 0 saturated carbocycles. The summed E-state index contributed by atoms with van der Waals surface area (Å²) in [6.45, 7) is 2.27. The summed E-state index contributed by atoms with van der Waals surface area (Å²) >= 11 is 12.1. The molecular formula is C18H25Cl2IN6. The van der Waals surface area contributed by atoms with Gasteiger partial charge in [0.15, 0.2) is 11.8 Å². The first-order valence-electron chi connectivity index (χ1n) is 8.85. The first kappa shape index (κ1) is 22.2. The van der Waals surface area contributed by atoms with Crippen molar-refractivity contribution in [2.75, 3.05) is 14.1 Å². The van der Waals surface area contributed by atoms with Crippen molar-refractivity contribution >= 4 is 53.1 Å². The highest BCUT2D eigenvalue weighted by Crippen LogP contribution is 2.23. The van der Waals surface area contributed by atoms with E-state index in [-0.39, 0.29) is 24.0 Å². The molecule has 2 heterocycles. The SMILES string of the molecule is CN=C(NCc1nnc2n1CCCCC2)N(C)Cc1ccc(Cl)c(Cl)c1.I. The zero-order chi connectivity index (χ0) is 18.5. The van der Waals surface area contributed by atoms with E-state index in [1.807, 2.05) is 30.1 Å². The lowest BCUT2D eigenvalue weighted by molar-refractivity contribution is 0.473. The van der Waals surface area contributed by atoms with Crippen LogP contribution in [0.15, 0.2) is 23.2 Å². The Morgan fingerprint density at radius 1 is 1.22 bits per heavy atom. The second-order valence-corrected chi connectivity index (χ2v) is 7.31. The number of hydrogen-bond donors (Lipinski definition) is 1. The summed E-state index contributed by atoms with van der Waals surface area (Å²) < 4.78 is 2.24. The molecule has 1 aliphatic heterocycles. The van der Waals surface area contributed by atoms with Crippen LogP contribution >= 0.6 is 47.2 Å².